The standard InChI is InChI=1S/C12H16F3N3O2/c1-7(19)10(16)6-17-11(20)18-9-4-2-8(3-5-9)12(13,14)15/h2-5,7,10,19H,6,16H2,1H3,(H2,17,18,20). The van der Waals surface area contributed by atoms with Crippen molar-refractivity contribution in [2.75, 3.05) is 11.9 Å². The lowest BCUT2D eigenvalue weighted by Crippen LogP contribution is -2.44. The monoisotopic (exact) mass is 291 g/mol. The van der Waals surface area contributed by atoms with Crippen LogP contribution in [-0.4, -0.2) is 29.8 Å². The van der Waals surface area contributed by atoms with E-state index in [1.54, 1.807) is 0 Å². The van der Waals surface area contributed by atoms with Crippen LogP contribution in [0.4, 0.5) is 23.7 Å². The quantitative estimate of drug-likeness (QED) is 0.678. The average molecular weight is 291 g/mol. The normalized spacial score (nSPS) is 14.5. The minimum Gasteiger partial charge on any atom is -0.392 e. The Balaban J connectivity index is 2.51. The van der Waals surface area contributed by atoms with Crippen LogP contribution in [0.3, 0.4) is 0 Å². The highest BCUT2D eigenvalue weighted by molar-refractivity contribution is 5.89. The van der Waals surface area contributed by atoms with Gasteiger partial charge in [-0.25, -0.2) is 4.79 Å². The summed E-state index contributed by atoms with van der Waals surface area (Å²) < 4.78 is 37.0. The van der Waals surface area contributed by atoms with E-state index in [1.807, 2.05) is 0 Å². The van der Waals surface area contributed by atoms with Crippen LogP contribution in [0.2, 0.25) is 0 Å². The number of carbonyl (C=O) groups excluding carboxylic acids is 1. The molecule has 0 saturated carbocycles. The fourth-order valence-corrected chi connectivity index (χ4v) is 1.30. The molecular formula is C12H16F3N3O2. The van der Waals surface area contributed by atoms with Crippen LogP contribution in [0.25, 0.3) is 0 Å². The zero-order chi connectivity index (χ0) is 15.3. The SMILES string of the molecule is CC(O)C(N)CNC(=O)Nc1ccc(C(F)(F)F)cc1. The van der Waals surface area contributed by atoms with Crippen molar-refractivity contribution in [3.63, 3.8) is 0 Å². The molecule has 8 heteroatoms. The molecule has 5 N–H and O–H groups in total. The van der Waals surface area contributed by atoms with Crippen LogP contribution < -0.4 is 16.4 Å². The van der Waals surface area contributed by atoms with Crippen molar-refractivity contribution in [3.8, 4) is 0 Å². The molecule has 0 saturated heterocycles. The first-order valence-corrected chi connectivity index (χ1v) is 5.86. The molecule has 20 heavy (non-hydrogen) atoms. The van der Waals surface area contributed by atoms with Crippen LogP contribution in [0.1, 0.15) is 12.5 Å². The molecule has 2 amide bonds. The third kappa shape index (κ3) is 5.06. The van der Waals surface area contributed by atoms with Crippen molar-refractivity contribution >= 4 is 11.7 Å². The van der Waals surface area contributed by atoms with Gasteiger partial charge < -0.3 is 21.5 Å². The maximum atomic E-state index is 12.3. The Bertz CT molecular complexity index is 446. The smallest absolute Gasteiger partial charge is 0.392 e. The van der Waals surface area contributed by atoms with E-state index in [1.165, 1.54) is 6.92 Å². The predicted molar refractivity (Wildman–Crippen MR) is 68.1 cm³/mol. The summed E-state index contributed by atoms with van der Waals surface area (Å²) in [5.41, 5.74) is 4.94. The van der Waals surface area contributed by atoms with Gasteiger partial charge in [-0.05, 0) is 31.2 Å². The number of aliphatic hydroxyl groups is 1. The zero-order valence-corrected chi connectivity index (χ0v) is 10.7. The van der Waals surface area contributed by atoms with E-state index in [0.717, 1.165) is 24.3 Å². The predicted octanol–water partition coefficient (Wildman–Crippen LogP) is 1.54. The van der Waals surface area contributed by atoms with Crippen molar-refractivity contribution in [2.45, 2.75) is 25.2 Å². The number of anilines is 1. The maximum Gasteiger partial charge on any atom is 0.416 e. The molecule has 0 aliphatic heterocycles. The minimum atomic E-state index is -4.41. The van der Waals surface area contributed by atoms with Gasteiger partial charge in [0.05, 0.1) is 11.7 Å². The molecule has 0 aliphatic carbocycles. The molecule has 1 aromatic rings. The minimum absolute atomic E-state index is 0.0458. The van der Waals surface area contributed by atoms with E-state index in [0.29, 0.717) is 0 Å². The Morgan fingerprint density at radius 1 is 1.35 bits per heavy atom. The molecule has 0 spiro atoms. The molecule has 0 heterocycles. The zero-order valence-electron chi connectivity index (χ0n) is 10.7. The summed E-state index contributed by atoms with van der Waals surface area (Å²) in [4.78, 5) is 11.4. The third-order valence-electron chi connectivity index (χ3n) is 2.59. The average Bonchev–Trinajstić information content (AvgIpc) is 2.35. The second kappa shape index (κ2) is 6.58. The summed E-state index contributed by atoms with van der Waals surface area (Å²) in [5.74, 6) is 0. The summed E-state index contributed by atoms with van der Waals surface area (Å²) in [6, 6.07) is 2.82. The molecule has 1 aromatic carbocycles. The van der Waals surface area contributed by atoms with Crippen LogP contribution in [0.15, 0.2) is 24.3 Å². The van der Waals surface area contributed by atoms with Gasteiger partial charge in [-0.3, -0.25) is 0 Å². The fraction of sp³-hybridized carbons (Fsp3) is 0.417. The van der Waals surface area contributed by atoms with Crippen molar-refractivity contribution in [2.24, 2.45) is 5.73 Å². The van der Waals surface area contributed by atoms with Gasteiger partial charge in [0, 0.05) is 18.3 Å². The molecule has 2 unspecified atom stereocenters. The fourth-order valence-electron chi connectivity index (χ4n) is 1.30. The van der Waals surface area contributed by atoms with Crippen molar-refractivity contribution in [3.05, 3.63) is 29.8 Å². The Kier molecular flexibility index (Phi) is 5.34. The van der Waals surface area contributed by atoms with Crippen molar-refractivity contribution in [1.29, 1.82) is 0 Å². The van der Waals surface area contributed by atoms with Crippen LogP contribution >= 0.6 is 0 Å². The maximum absolute atomic E-state index is 12.3. The molecule has 0 aliphatic rings. The number of hydrogen-bond donors (Lipinski definition) is 4. The van der Waals surface area contributed by atoms with E-state index in [-0.39, 0.29) is 12.2 Å². The van der Waals surface area contributed by atoms with Crippen molar-refractivity contribution in [1.82, 2.24) is 5.32 Å². The lowest BCUT2D eigenvalue weighted by molar-refractivity contribution is -0.137. The molecule has 5 nitrogen and oxygen atoms in total. The first-order valence-electron chi connectivity index (χ1n) is 5.86. The van der Waals surface area contributed by atoms with Gasteiger partial charge in [0.25, 0.3) is 0 Å². The Morgan fingerprint density at radius 2 is 1.90 bits per heavy atom. The van der Waals surface area contributed by atoms with E-state index >= 15 is 0 Å². The highest BCUT2D eigenvalue weighted by atomic mass is 19.4. The van der Waals surface area contributed by atoms with Gasteiger partial charge in [-0.1, -0.05) is 0 Å². The number of alkyl halides is 3. The Morgan fingerprint density at radius 3 is 2.35 bits per heavy atom. The lowest BCUT2D eigenvalue weighted by atomic mass is 10.2. The summed E-state index contributed by atoms with van der Waals surface area (Å²) >= 11 is 0. The topological polar surface area (TPSA) is 87.4 Å². The second-order valence-corrected chi connectivity index (χ2v) is 4.31. The summed E-state index contributed by atoms with van der Waals surface area (Å²) in [5, 5.41) is 13.9. The van der Waals surface area contributed by atoms with Gasteiger partial charge in [0.2, 0.25) is 0 Å². The van der Waals surface area contributed by atoms with Crippen LogP contribution in [0.5, 0.6) is 0 Å². The summed E-state index contributed by atoms with van der Waals surface area (Å²) in [7, 11) is 0. The number of benzene rings is 1. The largest absolute Gasteiger partial charge is 0.416 e. The first kappa shape index (κ1) is 16.3. The molecule has 112 valence electrons. The molecule has 2 atom stereocenters. The summed E-state index contributed by atoms with van der Waals surface area (Å²) in [6.45, 7) is 1.53. The number of amides is 2. The van der Waals surface area contributed by atoms with E-state index in [2.05, 4.69) is 10.6 Å². The number of hydrogen-bond acceptors (Lipinski definition) is 3. The van der Waals surface area contributed by atoms with E-state index in [4.69, 9.17) is 10.8 Å². The molecule has 0 radical (unpaired) electrons. The van der Waals surface area contributed by atoms with Gasteiger partial charge in [-0.15, -0.1) is 0 Å². The second-order valence-electron chi connectivity index (χ2n) is 4.31. The number of nitrogens with one attached hydrogen (secondary N) is 2. The molecule has 0 fully saturated rings. The number of rotatable bonds is 4. The summed E-state index contributed by atoms with van der Waals surface area (Å²) in [6.07, 6.45) is -5.19. The van der Waals surface area contributed by atoms with Gasteiger partial charge in [-0.2, -0.15) is 13.2 Å². The number of urea groups is 1. The molecule has 1 rings (SSSR count). The first-order chi connectivity index (χ1) is 9.20. The number of carbonyl (C=O) groups is 1. The van der Waals surface area contributed by atoms with Crippen LogP contribution in [-0.2, 0) is 6.18 Å². The van der Waals surface area contributed by atoms with Crippen LogP contribution in [0, 0.1) is 0 Å². The lowest BCUT2D eigenvalue weighted by Gasteiger charge is -2.15. The van der Waals surface area contributed by atoms with Gasteiger partial charge >= 0.3 is 12.2 Å². The van der Waals surface area contributed by atoms with E-state index in [9.17, 15) is 18.0 Å². The number of halogens is 3. The van der Waals surface area contributed by atoms with Gasteiger partial charge in [0.1, 0.15) is 0 Å². The Labute approximate surface area is 114 Å². The highest BCUT2D eigenvalue weighted by Crippen LogP contribution is 2.29. The Hall–Kier alpha value is -1.80. The van der Waals surface area contributed by atoms with Crippen molar-refractivity contribution < 1.29 is 23.1 Å². The number of aliphatic hydroxyl groups excluding tert-OH is 1. The molecule has 0 aromatic heterocycles. The molecule has 0 bridgehead atoms. The molecular weight excluding hydrogens is 275 g/mol. The van der Waals surface area contributed by atoms with Gasteiger partial charge in [0.15, 0.2) is 0 Å². The third-order valence-corrected chi connectivity index (χ3v) is 2.59. The van der Waals surface area contributed by atoms with E-state index < -0.39 is 29.9 Å². The highest BCUT2D eigenvalue weighted by Gasteiger charge is 2.29. The number of nitrogens with two attached hydrogens (primary N) is 1.